The van der Waals surface area contributed by atoms with Gasteiger partial charge in [0.25, 0.3) is 0 Å². The van der Waals surface area contributed by atoms with Gasteiger partial charge < -0.3 is 9.84 Å². The summed E-state index contributed by atoms with van der Waals surface area (Å²) >= 11 is 6.48. The predicted molar refractivity (Wildman–Crippen MR) is 146 cm³/mol. The molecule has 1 N–H and O–H groups in total. The van der Waals surface area contributed by atoms with Crippen LogP contribution in [0.3, 0.4) is 0 Å². The van der Waals surface area contributed by atoms with Crippen molar-refractivity contribution in [3.05, 3.63) is 99.3 Å². The van der Waals surface area contributed by atoms with Gasteiger partial charge in [0.2, 0.25) is 0 Å². The minimum absolute atomic E-state index is 0.0236. The normalized spacial score (nSPS) is 17.8. The quantitative estimate of drug-likeness (QED) is 0.328. The maximum Gasteiger partial charge on any atom is 0.335 e. The molecular weight excluding hydrogens is 508 g/mol. The van der Waals surface area contributed by atoms with Crippen molar-refractivity contribution in [3.63, 3.8) is 0 Å². The van der Waals surface area contributed by atoms with Crippen molar-refractivity contribution in [3.8, 4) is 5.75 Å². The van der Waals surface area contributed by atoms with Crippen LogP contribution in [0.1, 0.15) is 58.3 Å². The molecule has 1 atom stereocenters. The molecule has 0 spiro atoms. The number of hydrogen-bond donors (Lipinski definition) is 1. The second kappa shape index (κ2) is 11.7. The molecule has 0 unspecified atom stereocenters. The van der Waals surface area contributed by atoms with Gasteiger partial charge in [0, 0.05) is 19.6 Å². The second-order valence-electron chi connectivity index (χ2n) is 9.89. The van der Waals surface area contributed by atoms with E-state index in [0.717, 1.165) is 66.1 Å². The topological polar surface area (TPSA) is 49.8 Å². The average Bonchev–Trinajstić information content (AvgIpc) is 3.27. The minimum Gasteiger partial charge on any atom is -0.489 e. The van der Waals surface area contributed by atoms with Crippen LogP contribution in [0.25, 0.3) is 11.1 Å². The SMILES string of the molecule is O=C(O)c1ccc2c(c1)CCCC(c1cccc(F)c1Cl)=C2c1cccc(O[C@@H]2CCN(CCCF)C2)c1. The lowest BCUT2D eigenvalue weighted by atomic mass is 9.87. The number of hydrogen-bond acceptors (Lipinski definition) is 3. The number of allylic oxidation sites excluding steroid dienone is 1. The lowest BCUT2D eigenvalue weighted by Gasteiger charge is -2.20. The van der Waals surface area contributed by atoms with Crippen molar-refractivity contribution in [2.45, 2.75) is 38.2 Å². The molecule has 1 saturated heterocycles. The Balaban J connectivity index is 1.57. The Morgan fingerprint density at radius 3 is 2.74 bits per heavy atom. The van der Waals surface area contributed by atoms with Gasteiger partial charge in [-0.2, -0.15) is 0 Å². The summed E-state index contributed by atoms with van der Waals surface area (Å²) in [5.74, 6) is -0.717. The zero-order chi connectivity index (χ0) is 26.6. The van der Waals surface area contributed by atoms with Gasteiger partial charge >= 0.3 is 5.97 Å². The predicted octanol–water partition coefficient (Wildman–Crippen LogP) is 7.29. The van der Waals surface area contributed by atoms with Crippen LogP contribution >= 0.6 is 11.6 Å². The number of aromatic carboxylic acids is 1. The molecule has 3 aromatic rings. The molecule has 0 saturated carbocycles. The molecule has 0 radical (unpaired) electrons. The summed E-state index contributed by atoms with van der Waals surface area (Å²) in [4.78, 5) is 13.9. The van der Waals surface area contributed by atoms with Crippen molar-refractivity contribution in [1.29, 1.82) is 0 Å². The van der Waals surface area contributed by atoms with Crippen LogP contribution in [0.2, 0.25) is 5.02 Å². The fourth-order valence-corrected chi connectivity index (χ4v) is 5.79. The van der Waals surface area contributed by atoms with Gasteiger partial charge in [-0.1, -0.05) is 41.9 Å². The van der Waals surface area contributed by atoms with E-state index in [4.69, 9.17) is 16.3 Å². The summed E-state index contributed by atoms with van der Waals surface area (Å²) in [5, 5.41) is 9.65. The monoisotopic (exact) mass is 537 g/mol. The Labute approximate surface area is 226 Å². The van der Waals surface area contributed by atoms with Gasteiger partial charge in [-0.05, 0) is 95.8 Å². The highest BCUT2D eigenvalue weighted by molar-refractivity contribution is 6.33. The maximum atomic E-state index is 14.5. The highest BCUT2D eigenvalue weighted by Gasteiger charge is 2.26. The Morgan fingerprint density at radius 1 is 1.08 bits per heavy atom. The Hall–Kier alpha value is -3.22. The van der Waals surface area contributed by atoms with Crippen LogP contribution < -0.4 is 4.74 Å². The Kier molecular flexibility index (Phi) is 8.10. The van der Waals surface area contributed by atoms with Crippen LogP contribution in [0.4, 0.5) is 8.78 Å². The third kappa shape index (κ3) is 5.62. The van der Waals surface area contributed by atoms with Gasteiger partial charge in [0.15, 0.2) is 0 Å². The fraction of sp³-hybridized carbons (Fsp3) is 0.323. The molecular formula is C31H30ClF2NO3. The molecule has 4 nitrogen and oxygen atoms in total. The van der Waals surface area contributed by atoms with Crippen LogP contribution in [0.15, 0.2) is 60.7 Å². The number of halogens is 3. The van der Waals surface area contributed by atoms with Gasteiger partial charge in [0.1, 0.15) is 17.7 Å². The zero-order valence-electron chi connectivity index (χ0n) is 21.1. The lowest BCUT2D eigenvalue weighted by Crippen LogP contribution is -2.26. The number of ether oxygens (including phenoxy) is 1. The van der Waals surface area contributed by atoms with E-state index in [1.807, 2.05) is 36.4 Å². The molecule has 0 amide bonds. The van der Waals surface area contributed by atoms with Crippen LogP contribution in [0.5, 0.6) is 5.75 Å². The van der Waals surface area contributed by atoms with E-state index in [1.165, 1.54) is 6.07 Å². The number of carbonyl (C=O) groups is 1. The molecule has 7 heteroatoms. The number of likely N-dealkylation sites (tertiary alicyclic amines) is 1. The molecule has 38 heavy (non-hydrogen) atoms. The van der Waals surface area contributed by atoms with E-state index in [0.29, 0.717) is 24.8 Å². The Morgan fingerprint density at radius 2 is 1.92 bits per heavy atom. The smallest absolute Gasteiger partial charge is 0.335 e. The van der Waals surface area contributed by atoms with Crippen LogP contribution in [-0.4, -0.2) is 48.4 Å². The van der Waals surface area contributed by atoms with E-state index >= 15 is 0 Å². The van der Waals surface area contributed by atoms with E-state index in [2.05, 4.69) is 4.90 Å². The fourth-order valence-electron chi connectivity index (χ4n) is 5.55. The van der Waals surface area contributed by atoms with Gasteiger partial charge in [-0.15, -0.1) is 0 Å². The minimum atomic E-state index is -0.969. The zero-order valence-corrected chi connectivity index (χ0v) is 21.8. The van der Waals surface area contributed by atoms with Gasteiger partial charge in [0.05, 0.1) is 17.3 Å². The average molecular weight is 538 g/mol. The van der Waals surface area contributed by atoms with Crippen LogP contribution in [-0.2, 0) is 6.42 Å². The van der Waals surface area contributed by atoms with Gasteiger partial charge in [-0.3, -0.25) is 9.29 Å². The number of alkyl halides is 1. The molecule has 1 fully saturated rings. The number of benzene rings is 3. The standard InChI is InChI=1S/C31H30ClF2NO3/c32-30-27(9-3-10-28(30)34)26-8-2-5-20-17-22(31(36)37)11-12-25(20)29(26)21-6-1-7-23(18-21)38-24-13-16-35(19-24)15-4-14-33/h1,3,6-7,9-12,17-18,24H,2,4-5,8,13-16,19H2,(H,36,37)/t24-/m1/s1. The molecule has 198 valence electrons. The highest BCUT2D eigenvalue weighted by atomic mass is 35.5. The third-order valence-electron chi connectivity index (χ3n) is 7.34. The molecule has 0 bridgehead atoms. The summed E-state index contributed by atoms with van der Waals surface area (Å²) in [7, 11) is 0. The third-order valence-corrected chi connectivity index (χ3v) is 7.72. The van der Waals surface area contributed by atoms with Crippen molar-refractivity contribution >= 4 is 28.7 Å². The van der Waals surface area contributed by atoms with Crippen LogP contribution in [0, 0.1) is 5.82 Å². The maximum absolute atomic E-state index is 14.5. The summed E-state index contributed by atoms with van der Waals surface area (Å²) in [6.45, 7) is 2.07. The molecule has 5 rings (SSSR count). The summed E-state index contributed by atoms with van der Waals surface area (Å²) in [6, 6.07) is 17.9. The van der Waals surface area contributed by atoms with Gasteiger partial charge in [-0.25, -0.2) is 9.18 Å². The first kappa shape index (κ1) is 26.4. The number of carboxylic acid groups (broad SMARTS) is 1. The van der Waals surface area contributed by atoms with E-state index in [9.17, 15) is 18.7 Å². The largest absolute Gasteiger partial charge is 0.489 e. The number of aryl methyl sites for hydroxylation is 1. The molecule has 1 aliphatic carbocycles. The highest BCUT2D eigenvalue weighted by Crippen LogP contribution is 2.43. The van der Waals surface area contributed by atoms with Crippen molar-refractivity contribution in [1.82, 2.24) is 4.90 Å². The first-order valence-electron chi connectivity index (χ1n) is 13.0. The second-order valence-corrected chi connectivity index (χ2v) is 10.3. The van der Waals surface area contributed by atoms with E-state index < -0.39 is 11.8 Å². The summed E-state index contributed by atoms with van der Waals surface area (Å²) in [5.41, 5.74) is 5.46. The number of nitrogens with zero attached hydrogens (tertiary/aromatic N) is 1. The number of carboxylic acids is 1. The van der Waals surface area contributed by atoms with Crippen molar-refractivity contribution in [2.75, 3.05) is 26.3 Å². The summed E-state index contributed by atoms with van der Waals surface area (Å²) in [6.07, 6.45) is 3.57. The lowest BCUT2D eigenvalue weighted by molar-refractivity contribution is 0.0696. The number of rotatable bonds is 8. The first-order valence-corrected chi connectivity index (χ1v) is 13.4. The molecule has 2 aliphatic rings. The molecule has 1 aliphatic heterocycles. The molecule has 0 aromatic heterocycles. The molecule has 3 aromatic carbocycles. The summed E-state index contributed by atoms with van der Waals surface area (Å²) < 4.78 is 33.5. The van der Waals surface area contributed by atoms with E-state index in [1.54, 1.807) is 18.2 Å². The van der Waals surface area contributed by atoms with Crippen molar-refractivity contribution in [2.24, 2.45) is 0 Å². The first-order chi connectivity index (χ1) is 18.4. The molecule has 1 heterocycles. The number of fused-ring (bicyclic) bond motifs is 1. The van der Waals surface area contributed by atoms with E-state index in [-0.39, 0.29) is 23.4 Å². The van der Waals surface area contributed by atoms with Crippen molar-refractivity contribution < 1.29 is 23.4 Å². The Bertz CT molecular complexity index is 1370.